The molecule has 0 spiro atoms. The lowest BCUT2D eigenvalue weighted by Crippen LogP contribution is -2.49. The summed E-state index contributed by atoms with van der Waals surface area (Å²) < 4.78 is 5.09. The van der Waals surface area contributed by atoms with Crippen molar-refractivity contribution in [3.8, 4) is 11.1 Å². The zero-order chi connectivity index (χ0) is 37.5. The molecule has 0 amide bonds. The van der Waals surface area contributed by atoms with Gasteiger partial charge in [0.15, 0.2) is 0 Å². The summed E-state index contributed by atoms with van der Waals surface area (Å²) in [4.78, 5) is 6.66. The van der Waals surface area contributed by atoms with Gasteiger partial charge in [-0.25, -0.2) is 4.99 Å². The normalized spacial score (nSPS) is 21.4. The van der Waals surface area contributed by atoms with Crippen molar-refractivity contribution in [2.24, 2.45) is 4.99 Å². The van der Waals surface area contributed by atoms with Gasteiger partial charge in [-0.15, -0.1) is 23.1 Å². The van der Waals surface area contributed by atoms with E-state index in [2.05, 4.69) is 185 Å². The smallest absolute Gasteiger partial charge is 0.131 e. The van der Waals surface area contributed by atoms with E-state index in [1.807, 2.05) is 23.1 Å². The number of nitrogens with zero attached hydrogens (tertiary/aromatic N) is 2. The molecule has 6 aromatic carbocycles. The molecular weight excluding hydrogens is 733 g/mol. The molecular formula is C51H38N4S2. The average molecular weight is 771 g/mol. The zero-order valence-electron chi connectivity index (χ0n) is 31.1. The third kappa shape index (κ3) is 5.43. The molecule has 0 saturated carbocycles. The van der Waals surface area contributed by atoms with Crippen molar-refractivity contribution in [3.05, 3.63) is 192 Å². The number of allylic oxidation sites excluding steroid dienone is 6. The molecule has 2 aromatic heterocycles. The molecule has 274 valence electrons. The molecule has 4 nitrogen and oxygen atoms in total. The molecule has 8 aromatic rings. The fraction of sp³-hybridized carbons (Fsp3) is 0.118. The summed E-state index contributed by atoms with van der Waals surface area (Å²) in [5.41, 5.74) is 11.5. The highest BCUT2D eigenvalue weighted by molar-refractivity contribution is 8.00. The minimum absolute atomic E-state index is 0.0367. The summed E-state index contributed by atoms with van der Waals surface area (Å²) >= 11 is 3.89. The minimum atomic E-state index is -0.0776. The second kappa shape index (κ2) is 13.3. The number of thioether (sulfide) groups is 1. The fourth-order valence-electron chi connectivity index (χ4n) is 9.45. The van der Waals surface area contributed by atoms with Crippen molar-refractivity contribution in [3.63, 3.8) is 0 Å². The van der Waals surface area contributed by atoms with Gasteiger partial charge in [0.05, 0.1) is 16.3 Å². The van der Waals surface area contributed by atoms with Gasteiger partial charge in [0.2, 0.25) is 0 Å². The van der Waals surface area contributed by atoms with E-state index in [1.165, 1.54) is 80.4 Å². The molecule has 2 N–H and O–H groups in total. The molecule has 4 aliphatic rings. The SMILES string of the molecule is C1=CCCC(C2N=C(c3ccc4c(c3)sc3cccc(-c5ccc6c(c5)C5C=CC=C(n7c8ccccc8c8ccccc87)C5S6)c34)NC(c3ccccc3)N2)=C1. The monoisotopic (exact) mass is 770 g/mol. The largest absolute Gasteiger partial charge is 0.350 e. The maximum Gasteiger partial charge on any atom is 0.131 e. The van der Waals surface area contributed by atoms with Crippen molar-refractivity contribution in [2.75, 3.05) is 0 Å². The quantitative estimate of drug-likeness (QED) is 0.183. The van der Waals surface area contributed by atoms with Gasteiger partial charge in [-0.05, 0) is 83.1 Å². The summed E-state index contributed by atoms with van der Waals surface area (Å²) in [5, 5.41) is 13.1. The summed E-state index contributed by atoms with van der Waals surface area (Å²) in [6.07, 6.45) is 15.6. The second-order valence-corrected chi connectivity index (χ2v) is 17.7. The van der Waals surface area contributed by atoms with Crippen LogP contribution in [0.3, 0.4) is 0 Å². The van der Waals surface area contributed by atoms with Crippen LogP contribution >= 0.6 is 23.1 Å². The van der Waals surface area contributed by atoms with Gasteiger partial charge < -0.3 is 9.88 Å². The Bertz CT molecular complexity index is 3030. The molecule has 4 atom stereocenters. The van der Waals surface area contributed by atoms with Gasteiger partial charge in [-0.1, -0.05) is 127 Å². The molecule has 0 saturated heterocycles. The third-order valence-corrected chi connectivity index (χ3v) is 14.7. The van der Waals surface area contributed by atoms with Crippen LogP contribution in [0, 0.1) is 0 Å². The summed E-state index contributed by atoms with van der Waals surface area (Å²) in [7, 11) is 0. The van der Waals surface area contributed by atoms with E-state index in [0.717, 1.165) is 24.2 Å². The van der Waals surface area contributed by atoms with Crippen LogP contribution in [0.1, 0.15) is 41.6 Å². The minimum Gasteiger partial charge on any atom is -0.350 e. The Hall–Kier alpha value is -5.92. The van der Waals surface area contributed by atoms with Crippen LogP contribution in [0.2, 0.25) is 0 Å². The van der Waals surface area contributed by atoms with Crippen LogP contribution in [0.15, 0.2) is 185 Å². The van der Waals surface area contributed by atoms with Gasteiger partial charge in [0.25, 0.3) is 0 Å². The first kappa shape index (κ1) is 33.2. The topological polar surface area (TPSA) is 41.4 Å². The highest BCUT2D eigenvalue weighted by atomic mass is 32.2. The Balaban J connectivity index is 0.907. The Morgan fingerprint density at radius 1 is 0.684 bits per heavy atom. The second-order valence-electron chi connectivity index (χ2n) is 15.4. The van der Waals surface area contributed by atoms with E-state index >= 15 is 0 Å². The number of benzene rings is 6. The van der Waals surface area contributed by atoms with Crippen molar-refractivity contribution in [2.45, 2.75) is 41.2 Å². The lowest BCUT2D eigenvalue weighted by Gasteiger charge is -2.33. The van der Waals surface area contributed by atoms with Crippen molar-refractivity contribution in [1.82, 2.24) is 15.2 Å². The molecule has 2 aliphatic heterocycles. The average Bonchev–Trinajstić information content (AvgIpc) is 3.96. The number of rotatable bonds is 5. The van der Waals surface area contributed by atoms with Crippen LogP contribution in [0.4, 0.5) is 0 Å². The number of aliphatic imine (C=N–C) groups is 1. The Kier molecular flexibility index (Phi) is 7.78. The Morgan fingerprint density at radius 2 is 1.49 bits per heavy atom. The molecule has 57 heavy (non-hydrogen) atoms. The first-order valence-corrected chi connectivity index (χ1v) is 21.6. The third-order valence-electron chi connectivity index (χ3n) is 12.1. The molecule has 4 heterocycles. The fourth-order valence-corrected chi connectivity index (χ4v) is 12.1. The van der Waals surface area contributed by atoms with E-state index < -0.39 is 0 Å². The highest BCUT2D eigenvalue weighted by Gasteiger charge is 2.37. The molecule has 12 rings (SSSR count). The number of hydrogen-bond donors (Lipinski definition) is 2. The number of fused-ring (bicyclic) bond motifs is 9. The number of para-hydroxylation sites is 2. The van der Waals surface area contributed by atoms with E-state index in [4.69, 9.17) is 4.99 Å². The van der Waals surface area contributed by atoms with Crippen LogP contribution < -0.4 is 10.6 Å². The predicted octanol–water partition coefficient (Wildman–Crippen LogP) is 12.7. The molecule has 0 radical (unpaired) electrons. The lowest BCUT2D eigenvalue weighted by atomic mass is 9.88. The highest BCUT2D eigenvalue weighted by Crippen LogP contribution is 2.54. The number of aromatic nitrogens is 1. The molecule has 0 fully saturated rings. The number of amidine groups is 1. The van der Waals surface area contributed by atoms with Crippen molar-refractivity contribution in [1.29, 1.82) is 0 Å². The Labute approximate surface area is 339 Å². The van der Waals surface area contributed by atoms with Gasteiger partial charge >= 0.3 is 0 Å². The summed E-state index contributed by atoms with van der Waals surface area (Å²) in [6, 6.07) is 49.2. The van der Waals surface area contributed by atoms with Gasteiger partial charge in [-0.3, -0.25) is 5.32 Å². The van der Waals surface area contributed by atoms with Gasteiger partial charge in [0, 0.05) is 53.0 Å². The summed E-state index contributed by atoms with van der Waals surface area (Å²) in [5.74, 6) is 1.23. The van der Waals surface area contributed by atoms with Crippen LogP contribution in [-0.2, 0) is 0 Å². The zero-order valence-corrected chi connectivity index (χ0v) is 32.7. The predicted molar refractivity (Wildman–Crippen MR) is 242 cm³/mol. The Morgan fingerprint density at radius 3 is 2.32 bits per heavy atom. The van der Waals surface area contributed by atoms with E-state index in [0.29, 0.717) is 11.2 Å². The van der Waals surface area contributed by atoms with E-state index in [9.17, 15) is 0 Å². The van der Waals surface area contributed by atoms with Crippen molar-refractivity contribution < 1.29 is 0 Å². The van der Waals surface area contributed by atoms with Gasteiger partial charge in [0.1, 0.15) is 18.2 Å². The van der Waals surface area contributed by atoms with E-state index in [-0.39, 0.29) is 12.3 Å². The molecule has 0 bridgehead atoms. The molecule has 6 heteroatoms. The van der Waals surface area contributed by atoms with E-state index in [1.54, 1.807) is 0 Å². The maximum atomic E-state index is 5.28. The van der Waals surface area contributed by atoms with Gasteiger partial charge in [-0.2, -0.15) is 0 Å². The number of nitrogens with one attached hydrogen (secondary N) is 2. The first-order chi connectivity index (χ1) is 28.2. The standard InChI is InChI=1S/C51H38N4S2/c1-3-13-31(14-4-1)49-52-50(32-15-5-2-6-16-32)54-51(53-49)34-25-27-39-46(30-34)56-45-24-12-19-35(47(39)45)33-26-28-44-40(29-33)38-20-11-23-43(48(38)57-44)55-41-21-9-7-17-36(41)37-18-8-10-22-42(37)55/h1-5,7-15,17-30,38,48-50,52H,6,16H2,(H,53,54). The molecule has 2 aliphatic carbocycles. The first-order valence-electron chi connectivity index (χ1n) is 19.9. The number of thiophene rings is 1. The lowest BCUT2D eigenvalue weighted by molar-refractivity contribution is 0.425. The van der Waals surface area contributed by atoms with Crippen LogP contribution in [0.5, 0.6) is 0 Å². The molecule has 4 unspecified atom stereocenters. The maximum absolute atomic E-state index is 5.28. The van der Waals surface area contributed by atoms with Crippen LogP contribution in [0.25, 0.3) is 58.8 Å². The number of hydrogen-bond acceptors (Lipinski definition) is 5. The van der Waals surface area contributed by atoms with Crippen molar-refractivity contribution >= 4 is 76.6 Å². The van der Waals surface area contributed by atoms with Crippen LogP contribution in [-0.4, -0.2) is 21.8 Å². The summed E-state index contributed by atoms with van der Waals surface area (Å²) in [6.45, 7) is 0.